The maximum atomic E-state index is 13.9. The molecule has 0 radical (unpaired) electrons. The van der Waals surface area contributed by atoms with Crippen molar-refractivity contribution in [1.29, 1.82) is 0 Å². The van der Waals surface area contributed by atoms with Crippen molar-refractivity contribution < 1.29 is 13.2 Å². The normalized spacial score (nSPS) is 11.1. The van der Waals surface area contributed by atoms with Gasteiger partial charge in [-0.05, 0) is 0 Å². The number of hydrogen-bond acceptors (Lipinski definition) is 5. The van der Waals surface area contributed by atoms with Gasteiger partial charge in [-0.2, -0.15) is 19.6 Å². The van der Waals surface area contributed by atoms with E-state index in [1.165, 1.54) is 6.33 Å². The third kappa shape index (κ3) is 2.06. The van der Waals surface area contributed by atoms with Crippen LogP contribution in [-0.4, -0.2) is 19.6 Å². The number of hydrogen-bond donors (Lipinski definition) is 2. The van der Waals surface area contributed by atoms with Gasteiger partial charge in [0.25, 0.3) is 5.78 Å². The molecule has 6 nitrogen and oxygen atoms in total. The van der Waals surface area contributed by atoms with Gasteiger partial charge in [0.15, 0.2) is 5.82 Å². The number of nitrogens with one attached hydrogen (secondary N) is 1. The molecule has 1 aromatic carbocycles. The standard InChI is InChI=1S/C11H6ClF3N6/c12-9-8(7-5(14)1-4(13)2-6(7)15)10(20-16)21-11(19-9)17-3-18-21/h1-3,20H,16H2. The number of hydrazine groups is 1. The summed E-state index contributed by atoms with van der Waals surface area (Å²) in [6.07, 6.45) is 1.17. The van der Waals surface area contributed by atoms with Crippen molar-refractivity contribution in [1.82, 2.24) is 19.6 Å². The first kappa shape index (κ1) is 13.6. The van der Waals surface area contributed by atoms with E-state index in [4.69, 9.17) is 17.4 Å². The fourth-order valence-electron chi connectivity index (χ4n) is 1.95. The molecule has 3 aromatic rings. The highest BCUT2D eigenvalue weighted by Gasteiger charge is 2.23. The molecule has 3 N–H and O–H groups in total. The number of nitrogens with zero attached hydrogens (tertiary/aromatic N) is 4. The molecule has 0 saturated heterocycles. The van der Waals surface area contributed by atoms with E-state index in [2.05, 4.69) is 20.5 Å². The molecule has 0 fully saturated rings. The Balaban J connectivity index is 2.42. The molecule has 0 amide bonds. The summed E-state index contributed by atoms with van der Waals surface area (Å²) in [4.78, 5) is 7.65. The summed E-state index contributed by atoms with van der Waals surface area (Å²) in [6.45, 7) is 0. The van der Waals surface area contributed by atoms with E-state index < -0.39 is 23.0 Å². The van der Waals surface area contributed by atoms with Gasteiger partial charge in [-0.3, -0.25) is 0 Å². The molecule has 0 unspecified atom stereocenters. The van der Waals surface area contributed by atoms with Crippen molar-refractivity contribution in [2.24, 2.45) is 5.84 Å². The zero-order chi connectivity index (χ0) is 15.1. The Morgan fingerprint density at radius 3 is 2.43 bits per heavy atom. The lowest BCUT2D eigenvalue weighted by molar-refractivity contribution is 0.548. The van der Waals surface area contributed by atoms with Crippen molar-refractivity contribution >= 4 is 23.2 Å². The van der Waals surface area contributed by atoms with Crippen LogP contribution in [0.2, 0.25) is 5.15 Å². The first-order chi connectivity index (χ1) is 10.0. The Morgan fingerprint density at radius 1 is 1.14 bits per heavy atom. The van der Waals surface area contributed by atoms with Crippen molar-refractivity contribution in [3.05, 3.63) is 41.1 Å². The van der Waals surface area contributed by atoms with Crippen LogP contribution in [0.25, 0.3) is 16.9 Å². The average Bonchev–Trinajstić information content (AvgIpc) is 2.85. The topological polar surface area (TPSA) is 81.1 Å². The van der Waals surface area contributed by atoms with E-state index in [1.807, 2.05) is 0 Å². The van der Waals surface area contributed by atoms with Gasteiger partial charge in [-0.15, -0.1) is 0 Å². The quantitative estimate of drug-likeness (QED) is 0.430. The van der Waals surface area contributed by atoms with Crippen LogP contribution in [0.4, 0.5) is 19.0 Å². The number of anilines is 1. The first-order valence-electron chi connectivity index (χ1n) is 5.53. The first-order valence-corrected chi connectivity index (χ1v) is 5.91. The second-order valence-electron chi connectivity index (χ2n) is 3.99. The number of nitrogens with two attached hydrogens (primary N) is 1. The molecule has 0 aliphatic carbocycles. The van der Waals surface area contributed by atoms with Crippen molar-refractivity contribution in [3.8, 4) is 11.1 Å². The molecule has 108 valence electrons. The minimum atomic E-state index is -1.15. The maximum absolute atomic E-state index is 13.9. The average molecular weight is 315 g/mol. The fourth-order valence-corrected chi connectivity index (χ4v) is 2.21. The fraction of sp³-hybridized carbons (Fsp3) is 0. The molecule has 0 saturated carbocycles. The minimum absolute atomic E-state index is 0.0353. The summed E-state index contributed by atoms with van der Waals surface area (Å²) in [6, 6.07) is 1.06. The van der Waals surface area contributed by atoms with Crippen molar-refractivity contribution in [2.75, 3.05) is 5.43 Å². The summed E-state index contributed by atoms with van der Waals surface area (Å²) >= 11 is 5.95. The summed E-state index contributed by atoms with van der Waals surface area (Å²) in [5, 5.41) is 3.56. The number of nitrogen functional groups attached to an aromatic ring is 1. The molecule has 0 spiro atoms. The van der Waals surface area contributed by atoms with E-state index in [1.54, 1.807) is 0 Å². The van der Waals surface area contributed by atoms with E-state index in [-0.39, 0.29) is 22.3 Å². The van der Waals surface area contributed by atoms with Gasteiger partial charge in [0, 0.05) is 12.1 Å². The third-order valence-electron chi connectivity index (χ3n) is 2.78. The van der Waals surface area contributed by atoms with Crippen LogP contribution in [-0.2, 0) is 0 Å². The molecule has 2 aromatic heterocycles. The predicted molar refractivity (Wildman–Crippen MR) is 68.9 cm³/mol. The molecule has 0 aliphatic rings. The largest absolute Gasteiger partial charge is 0.308 e. The number of benzene rings is 1. The Kier molecular flexibility index (Phi) is 3.15. The van der Waals surface area contributed by atoms with E-state index in [0.29, 0.717) is 12.1 Å². The lowest BCUT2D eigenvalue weighted by atomic mass is 10.1. The zero-order valence-corrected chi connectivity index (χ0v) is 10.9. The van der Waals surface area contributed by atoms with Crippen LogP contribution in [0.1, 0.15) is 0 Å². The number of aromatic nitrogens is 4. The summed E-state index contributed by atoms with van der Waals surface area (Å²) < 4.78 is 42.0. The highest BCUT2D eigenvalue weighted by molar-refractivity contribution is 6.33. The van der Waals surface area contributed by atoms with Gasteiger partial charge >= 0.3 is 0 Å². The van der Waals surface area contributed by atoms with Crippen LogP contribution in [0.3, 0.4) is 0 Å². The molecule has 2 heterocycles. The second-order valence-corrected chi connectivity index (χ2v) is 4.34. The van der Waals surface area contributed by atoms with Gasteiger partial charge in [-0.25, -0.2) is 19.0 Å². The lowest BCUT2D eigenvalue weighted by Crippen LogP contribution is -2.15. The van der Waals surface area contributed by atoms with Crippen LogP contribution in [0.5, 0.6) is 0 Å². The van der Waals surface area contributed by atoms with Gasteiger partial charge in [0.2, 0.25) is 0 Å². The molecule has 0 bridgehead atoms. The monoisotopic (exact) mass is 314 g/mol. The van der Waals surface area contributed by atoms with Gasteiger partial charge < -0.3 is 5.43 Å². The van der Waals surface area contributed by atoms with E-state index in [9.17, 15) is 13.2 Å². The highest BCUT2D eigenvalue weighted by Crippen LogP contribution is 2.37. The zero-order valence-electron chi connectivity index (χ0n) is 10.1. The molecule has 10 heteroatoms. The van der Waals surface area contributed by atoms with Crippen LogP contribution >= 0.6 is 11.6 Å². The Morgan fingerprint density at radius 2 is 1.81 bits per heavy atom. The van der Waals surface area contributed by atoms with Gasteiger partial charge in [-0.1, -0.05) is 11.6 Å². The highest BCUT2D eigenvalue weighted by atomic mass is 35.5. The van der Waals surface area contributed by atoms with E-state index >= 15 is 0 Å². The minimum Gasteiger partial charge on any atom is -0.308 e. The van der Waals surface area contributed by atoms with Crippen LogP contribution in [0, 0.1) is 17.5 Å². The predicted octanol–water partition coefficient (Wildman–Crippen LogP) is 2.15. The van der Waals surface area contributed by atoms with Gasteiger partial charge in [0.05, 0.1) is 11.1 Å². The SMILES string of the molecule is NNc1c(-c2c(F)cc(F)cc2F)c(Cl)nc2ncnn12. The molecular formula is C11H6ClF3N6. The molecule has 0 aliphatic heterocycles. The number of halogens is 4. The van der Waals surface area contributed by atoms with Crippen LogP contribution < -0.4 is 11.3 Å². The Bertz CT molecular complexity index is 826. The van der Waals surface area contributed by atoms with Crippen molar-refractivity contribution in [2.45, 2.75) is 0 Å². The smallest absolute Gasteiger partial charge is 0.255 e. The summed E-state index contributed by atoms with van der Waals surface area (Å²) in [5.74, 6) is 2.07. The third-order valence-corrected chi connectivity index (χ3v) is 3.05. The van der Waals surface area contributed by atoms with Crippen molar-refractivity contribution in [3.63, 3.8) is 0 Å². The Hall–Kier alpha value is -2.39. The van der Waals surface area contributed by atoms with E-state index in [0.717, 1.165) is 4.52 Å². The maximum Gasteiger partial charge on any atom is 0.255 e. The molecular weight excluding hydrogens is 309 g/mol. The van der Waals surface area contributed by atoms with Gasteiger partial charge in [0.1, 0.15) is 28.9 Å². The molecule has 0 atom stereocenters. The van der Waals surface area contributed by atoms with Crippen LogP contribution in [0.15, 0.2) is 18.5 Å². The second kappa shape index (κ2) is 4.86. The lowest BCUT2D eigenvalue weighted by Gasteiger charge is -2.13. The number of fused-ring (bicyclic) bond motifs is 1. The Labute approximate surface area is 120 Å². The summed E-state index contributed by atoms with van der Waals surface area (Å²) in [5.41, 5.74) is 1.48. The molecule has 21 heavy (non-hydrogen) atoms. The molecule has 3 rings (SSSR count). The number of rotatable bonds is 2. The summed E-state index contributed by atoms with van der Waals surface area (Å²) in [7, 11) is 0.